The second kappa shape index (κ2) is 11.5. The molecule has 2 amide bonds. The Balaban J connectivity index is 1.65. The number of halogens is 6. The quantitative estimate of drug-likeness (QED) is 0.181. The average Bonchev–Trinajstić information content (AvgIpc) is 3.38. The van der Waals surface area contributed by atoms with E-state index >= 15 is 0 Å². The van der Waals surface area contributed by atoms with Crippen LogP contribution in [0.3, 0.4) is 0 Å². The summed E-state index contributed by atoms with van der Waals surface area (Å²) in [4.78, 5) is 44.1. The first-order chi connectivity index (χ1) is 20.7. The summed E-state index contributed by atoms with van der Waals surface area (Å²) in [6.45, 7) is 1.15. The number of rotatable bonds is 6. The molecule has 0 bridgehead atoms. The lowest BCUT2D eigenvalue weighted by Crippen LogP contribution is -2.68. The highest BCUT2D eigenvalue weighted by Crippen LogP contribution is 2.38. The van der Waals surface area contributed by atoms with Gasteiger partial charge < -0.3 is 20.5 Å². The maximum absolute atomic E-state index is 14.4. The summed E-state index contributed by atoms with van der Waals surface area (Å²) in [5.41, 5.74) is -3.97. The molecular formula is C31H26F6N4O3. The molecule has 2 heterocycles. The van der Waals surface area contributed by atoms with E-state index in [2.05, 4.69) is 15.6 Å². The SMILES string of the molecule is CC(=O)Nc1ccc(C(=O)C2(Cc3c[nH]c4ccccc34)CNCCN2C(=O)c2cc(C(F)(F)F)cc(C(F)(F)F)c2)cc1. The first-order valence-electron chi connectivity index (χ1n) is 13.5. The van der Waals surface area contributed by atoms with Gasteiger partial charge in [-0.25, -0.2) is 0 Å². The number of anilines is 1. The fraction of sp³-hybridized carbons (Fsp3) is 0.258. The monoisotopic (exact) mass is 616 g/mol. The van der Waals surface area contributed by atoms with Gasteiger partial charge >= 0.3 is 12.4 Å². The first kappa shape index (κ1) is 30.8. The van der Waals surface area contributed by atoms with E-state index < -0.39 is 46.3 Å². The van der Waals surface area contributed by atoms with E-state index in [1.807, 2.05) is 0 Å². The molecule has 0 saturated carbocycles. The molecule has 0 spiro atoms. The van der Waals surface area contributed by atoms with Gasteiger partial charge in [-0.1, -0.05) is 18.2 Å². The van der Waals surface area contributed by atoms with Gasteiger partial charge in [-0.15, -0.1) is 0 Å². The third kappa shape index (κ3) is 6.05. The van der Waals surface area contributed by atoms with Crippen LogP contribution in [0.25, 0.3) is 10.9 Å². The van der Waals surface area contributed by atoms with Gasteiger partial charge in [0.05, 0.1) is 11.1 Å². The number of para-hydroxylation sites is 1. The number of nitrogens with zero attached hydrogens (tertiary/aromatic N) is 1. The number of carbonyl (C=O) groups excluding carboxylic acids is 3. The molecule has 4 aromatic rings. The average molecular weight is 617 g/mol. The number of benzene rings is 3. The maximum atomic E-state index is 14.4. The lowest BCUT2D eigenvalue weighted by Gasteiger charge is -2.46. The summed E-state index contributed by atoms with van der Waals surface area (Å²) in [6, 6.07) is 13.7. The number of aromatic nitrogens is 1. The minimum atomic E-state index is -5.16. The van der Waals surface area contributed by atoms with Crippen LogP contribution < -0.4 is 10.6 Å². The number of Topliss-reactive ketones (excluding diaryl/α,β-unsaturated/α-hetero) is 1. The Morgan fingerprint density at radius 1 is 0.886 bits per heavy atom. The number of piperazine rings is 1. The van der Waals surface area contributed by atoms with Crippen molar-refractivity contribution >= 4 is 34.2 Å². The molecule has 1 atom stereocenters. The molecule has 3 N–H and O–H groups in total. The molecule has 1 aliphatic rings. The van der Waals surface area contributed by atoms with E-state index in [-0.39, 0.29) is 43.6 Å². The van der Waals surface area contributed by atoms with Gasteiger partial charge in [-0.3, -0.25) is 14.4 Å². The lowest BCUT2D eigenvalue weighted by molar-refractivity contribution is -0.143. The molecular weight excluding hydrogens is 590 g/mol. The second-order valence-corrected chi connectivity index (χ2v) is 10.6. The number of alkyl halides is 6. The van der Waals surface area contributed by atoms with Crippen LogP contribution in [0.5, 0.6) is 0 Å². The van der Waals surface area contributed by atoms with E-state index in [4.69, 9.17) is 0 Å². The fourth-order valence-electron chi connectivity index (χ4n) is 5.54. The number of fused-ring (bicyclic) bond motifs is 1. The van der Waals surface area contributed by atoms with Crippen molar-refractivity contribution in [1.82, 2.24) is 15.2 Å². The van der Waals surface area contributed by atoms with E-state index in [1.165, 1.54) is 31.2 Å². The smallest absolute Gasteiger partial charge is 0.361 e. The van der Waals surface area contributed by atoms with Crippen LogP contribution >= 0.6 is 0 Å². The summed E-state index contributed by atoms with van der Waals surface area (Å²) < 4.78 is 82.0. The third-order valence-electron chi connectivity index (χ3n) is 7.57. The Kier molecular flexibility index (Phi) is 8.02. The zero-order valence-corrected chi connectivity index (χ0v) is 23.2. The van der Waals surface area contributed by atoms with Gasteiger partial charge in [0.15, 0.2) is 5.78 Å². The summed E-state index contributed by atoms with van der Waals surface area (Å²) in [7, 11) is 0. The number of hydrogen-bond donors (Lipinski definition) is 3. The Hall–Kier alpha value is -4.65. The highest BCUT2D eigenvalue weighted by Gasteiger charge is 2.49. The van der Waals surface area contributed by atoms with Gasteiger partial charge in [-0.2, -0.15) is 26.3 Å². The molecule has 1 saturated heterocycles. The maximum Gasteiger partial charge on any atom is 0.416 e. The molecule has 0 aliphatic carbocycles. The Bertz CT molecular complexity index is 1700. The lowest BCUT2D eigenvalue weighted by atomic mass is 9.79. The fourth-order valence-corrected chi connectivity index (χ4v) is 5.54. The van der Waals surface area contributed by atoms with Crippen LogP contribution in [-0.4, -0.2) is 52.7 Å². The summed E-state index contributed by atoms with van der Waals surface area (Å²) >= 11 is 0. The Morgan fingerprint density at radius 3 is 2.14 bits per heavy atom. The predicted octanol–water partition coefficient (Wildman–Crippen LogP) is 6.07. The highest BCUT2D eigenvalue weighted by molar-refractivity contribution is 6.08. The van der Waals surface area contributed by atoms with Crippen LogP contribution in [0, 0.1) is 0 Å². The van der Waals surface area contributed by atoms with Crippen LogP contribution in [0.2, 0.25) is 0 Å². The molecule has 3 aromatic carbocycles. The summed E-state index contributed by atoms with van der Waals surface area (Å²) in [6.07, 6.45) is -8.77. The van der Waals surface area contributed by atoms with Gasteiger partial charge in [0.25, 0.3) is 5.91 Å². The third-order valence-corrected chi connectivity index (χ3v) is 7.57. The topological polar surface area (TPSA) is 94.3 Å². The predicted molar refractivity (Wildman–Crippen MR) is 150 cm³/mol. The van der Waals surface area contributed by atoms with Gasteiger partial charge in [0.2, 0.25) is 5.91 Å². The number of nitrogens with one attached hydrogen (secondary N) is 3. The number of ketones is 1. The van der Waals surface area contributed by atoms with Crippen molar-refractivity contribution in [3.05, 3.63) is 101 Å². The first-order valence-corrected chi connectivity index (χ1v) is 13.5. The van der Waals surface area contributed by atoms with Crippen LogP contribution in [0.15, 0.2) is 72.9 Å². The minimum Gasteiger partial charge on any atom is -0.361 e. The van der Waals surface area contributed by atoms with Crippen molar-refractivity contribution in [2.45, 2.75) is 31.2 Å². The van der Waals surface area contributed by atoms with Crippen molar-refractivity contribution < 1.29 is 40.7 Å². The zero-order chi connectivity index (χ0) is 31.9. The summed E-state index contributed by atoms with van der Waals surface area (Å²) in [5.74, 6) is -2.07. The van der Waals surface area contributed by atoms with Gasteiger partial charge in [0.1, 0.15) is 5.54 Å². The Labute approximate surface area is 247 Å². The van der Waals surface area contributed by atoms with Crippen molar-refractivity contribution in [3.63, 3.8) is 0 Å². The molecule has 13 heteroatoms. The van der Waals surface area contributed by atoms with Crippen LogP contribution in [-0.2, 0) is 23.6 Å². The molecule has 1 aromatic heterocycles. The Morgan fingerprint density at radius 2 is 1.52 bits per heavy atom. The van der Waals surface area contributed by atoms with Crippen molar-refractivity contribution in [2.24, 2.45) is 0 Å². The molecule has 44 heavy (non-hydrogen) atoms. The largest absolute Gasteiger partial charge is 0.416 e. The van der Waals surface area contributed by atoms with Gasteiger partial charge in [-0.05, 0) is 54.1 Å². The molecule has 7 nitrogen and oxygen atoms in total. The van der Waals surface area contributed by atoms with Crippen LogP contribution in [0.1, 0.15) is 44.3 Å². The van der Waals surface area contributed by atoms with E-state index in [0.29, 0.717) is 23.4 Å². The van der Waals surface area contributed by atoms with Crippen LogP contribution in [0.4, 0.5) is 32.0 Å². The normalized spacial score (nSPS) is 17.5. The standard InChI is InChI=1S/C31H26F6N4O3/c1-18(42)40-24-8-6-19(7-9-24)27(43)29(15-21-16-39-26-5-3-2-4-25(21)26)17-38-10-11-41(29)28(44)20-12-22(30(32,33)34)14-23(13-20)31(35,36)37/h2-9,12-14,16,38-39H,10-11,15,17H2,1H3,(H,40,42). The zero-order valence-electron chi connectivity index (χ0n) is 23.2. The number of amides is 2. The van der Waals surface area contributed by atoms with Crippen molar-refractivity contribution in [2.75, 3.05) is 25.0 Å². The van der Waals surface area contributed by atoms with Crippen molar-refractivity contribution in [3.8, 4) is 0 Å². The van der Waals surface area contributed by atoms with Gasteiger partial charge in [0, 0.05) is 66.9 Å². The molecule has 1 fully saturated rings. The molecule has 5 rings (SSSR count). The number of hydrogen-bond acceptors (Lipinski definition) is 4. The van der Waals surface area contributed by atoms with Crippen molar-refractivity contribution in [1.29, 1.82) is 0 Å². The molecule has 230 valence electrons. The number of aromatic amines is 1. The highest BCUT2D eigenvalue weighted by atomic mass is 19.4. The number of carbonyl (C=O) groups is 3. The van der Waals surface area contributed by atoms with E-state index in [0.717, 1.165) is 15.8 Å². The van der Waals surface area contributed by atoms with E-state index in [1.54, 1.807) is 30.5 Å². The molecule has 0 radical (unpaired) electrons. The second-order valence-electron chi connectivity index (χ2n) is 10.6. The van der Waals surface area contributed by atoms with E-state index in [9.17, 15) is 40.7 Å². The minimum absolute atomic E-state index is 0.0461. The molecule has 1 aliphatic heterocycles. The summed E-state index contributed by atoms with van der Waals surface area (Å²) in [5, 5.41) is 6.41. The number of H-pyrrole nitrogens is 1. The molecule has 1 unspecified atom stereocenters.